The van der Waals surface area contributed by atoms with Crippen molar-refractivity contribution in [2.24, 2.45) is 0 Å². The number of benzene rings is 2. The number of thiazole rings is 2. The van der Waals surface area contributed by atoms with Crippen molar-refractivity contribution < 1.29 is 17.9 Å². The van der Waals surface area contributed by atoms with E-state index in [0.29, 0.717) is 29.4 Å². The van der Waals surface area contributed by atoms with Crippen molar-refractivity contribution in [3.8, 4) is 0 Å². The summed E-state index contributed by atoms with van der Waals surface area (Å²) in [5.74, 6) is -0.159. The van der Waals surface area contributed by atoms with E-state index in [1.54, 1.807) is 34.7 Å². The lowest BCUT2D eigenvalue weighted by molar-refractivity contribution is 0.0917. The van der Waals surface area contributed by atoms with Crippen LogP contribution < -0.4 is 4.90 Å². The normalized spacial score (nSPS) is 16.9. The molecule has 0 bridgehead atoms. The molecule has 1 aliphatic heterocycles. The van der Waals surface area contributed by atoms with Crippen molar-refractivity contribution in [2.75, 3.05) is 24.3 Å². The first-order chi connectivity index (χ1) is 14.9. The van der Waals surface area contributed by atoms with Gasteiger partial charge in [-0.3, -0.25) is 9.69 Å². The van der Waals surface area contributed by atoms with Gasteiger partial charge in [0.05, 0.1) is 43.5 Å². The standard InChI is InChI=1S/C21H19N3O4S3/c1-31(26,27)15-5-7-17-19(10-15)30-21(23-17)24(11-14-3-2-8-28-14)20(25)13-4-6-16-18(9-13)29-12-22-16/h4-7,9-10,12,14H,2-3,8,11H2,1H3. The van der Waals surface area contributed by atoms with E-state index in [4.69, 9.17) is 4.74 Å². The van der Waals surface area contributed by atoms with Gasteiger partial charge in [0, 0.05) is 18.4 Å². The number of rotatable bonds is 5. The van der Waals surface area contributed by atoms with Crippen LogP contribution in [0.2, 0.25) is 0 Å². The van der Waals surface area contributed by atoms with Gasteiger partial charge in [-0.1, -0.05) is 11.3 Å². The number of ether oxygens (including phenoxy) is 1. The van der Waals surface area contributed by atoms with Crippen molar-refractivity contribution in [1.29, 1.82) is 0 Å². The Hall–Kier alpha value is -2.40. The fourth-order valence-corrected chi connectivity index (χ4v) is 6.07. The molecule has 7 nitrogen and oxygen atoms in total. The van der Waals surface area contributed by atoms with Crippen LogP contribution >= 0.6 is 22.7 Å². The Morgan fingerprint density at radius 1 is 1.19 bits per heavy atom. The van der Waals surface area contributed by atoms with E-state index in [0.717, 1.165) is 27.8 Å². The quantitative estimate of drug-likeness (QED) is 0.433. The largest absolute Gasteiger partial charge is 0.376 e. The minimum atomic E-state index is -3.32. The van der Waals surface area contributed by atoms with Crippen LogP contribution in [-0.2, 0) is 14.6 Å². The molecule has 2 aromatic carbocycles. The van der Waals surface area contributed by atoms with Gasteiger partial charge in [0.25, 0.3) is 5.91 Å². The second-order valence-corrected chi connectivity index (χ2v) is 11.4. The molecule has 0 saturated carbocycles. The zero-order valence-corrected chi connectivity index (χ0v) is 19.1. The number of anilines is 1. The van der Waals surface area contributed by atoms with Gasteiger partial charge in [-0.2, -0.15) is 0 Å². The van der Waals surface area contributed by atoms with E-state index in [9.17, 15) is 13.2 Å². The number of nitrogens with zero attached hydrogens (tertiary/aromatic N) is 3. The first-order valence-corrected chi connectivity index (χ1v) is 13.3. The first kappa shape index (κ1) is 20.5. The molecule has 1 fully saturated rings. The lowest BCUT2D eigenvalue weighted by atomic mass is 10.1. The smallest absolute Gasteiger partial charge is 0.260 e. The van der Waals surface area contributed by atoms with E-state index in [1.165, 1.54) is 28.9 Å². The van der Waals surface area contributed by atoms with Crippen LogP contribution in [0, 0.1) is 0 Å². The van der Waals surface area contributed by atoms with E-state index in [1.807, 2.05) is 12.1 Å². The SMILES string of the molecule is CS(=O)(=O)c1ccc2nc(N(CC3CCCO3)C(=O)c3ccc4ncsc4c3)sc2c1. The average Bonchev–Trinajstić information content (AvgIpc) is 3.49. The van der Waals surface area contributed by atoms with Gasteiger partial charge in [0.2, 0.25) is 0 Å². The van der Waals surface area contributed by atoms with Gasteiger partial charge in [0.15, 0.2) is 15.0 Å². The Kier molecular flexibility index (Phi) is 5.25. The van der Waals surface area contributed by atoms with E-state index < -0.39 is 9.84 Å². The molecule has 10 heteroatoms. The van der Waals surface area contributed by atoms with E-state index >= 15 is 0 Å². The van der Waals surface area contributed by atoms with Gasteiger partial charge >= 0.3 is 0 Å². The Bertz CT molecular complexity index is 1390. The minimum Gasteiger partial charge on any atom is -0.376 e. The highest BCUT2D eigenvalue weighted by Crippen LogP contribution is 2.33. The van der Waals surface area contributed by atoms with Crippen molar-refractivity contribution in [3.63, 3.8) is 0 Å². The predicted molar refractivity (Wildman–Crippen MR) is 123 cm³/mol. The number of carbonyl (C=O) groups excluding carboxylic acids is 1. The summed E-state index contributed by atoms with van der Waals surface area (Å²) in [7, 11) is -3.32. The summed E-state index contributed by atoms with van der Waals surface area (Å²) in [5.41, 5.74) is 3.84. The molecular formula is C21H19N3O4S3. The van der Waals surface area contributed by atoms with Crippen LogP contribution in [-0.4, -0.2) is 49.8 Å². The van der Waals surface area contributed by atoms with Gasteiger partial charge in [-0.15, -0.1) is 11.3 Å². The molecule has 3 heterocycles. The molecule has 1 atom stereocenters. The maximum atomic E-state index is 13.5. The summed E-state index contributed by atoms with van der Waals surface area (Å²) in [6, 6.07) is 10.3. The molecule has 0 radical (unpaired) electrons. The van der Waals surface area contributed by atoms with Crippen molar-refractivity contribution in [2.45, 2.75) is 23.8 Å². The molecule has 1 unspecified atom stereocenters. The summed E-state index contributed by atoms with van der Waals surface area (Å²) >= 11 is 2.80. The van der Waals surface area contributed by atoms with Gasteiger partial charge in [0.1, 0.15) is 0 Å². The molecule has 0 aliphatic carbocycles. The Morgan fingerprint density at radius 3 is 2.81 bits per heavy atom. The average molecular weight is 474 g/mol. The Balaban J connectivity index is 1.55. The lowest BCUT2D eigenvalue weighted by Gasteiger charge is -2.23. The zero-order valence-electron chi connectivity index (χ0n) is 16.6. The fourth-order valence-electron chi connectivity index (χ4n) is 3.62. The highest BCUT2D eigenvalue weighted by atomic mass is 32.2. The fraction of sp³-hybridized carbons (Fsp3) is 0.286. The third-order valence-corrected chi connectivity index (χ3v) is 8.18. The number of amides is 1. The summed E-state index contributed by atoms with van der Waals surface area (Å²) in [4.78, 5) is 24.3. The molecule has 31 heavy (non-hydrogen) atoms. The topological polar surface area (TPSA) is 89.5 Å². The predicted octanol–water partition coefficient (Wildman–Crippen LogP) is 4.14. The second-order valence-electron chi connectivity index (χ2n) is 7.48. The second kappa shape index (κ2) is 7.94. The van der Waals surface area contributed by atoms with Gasteiger partial charge in [-0.05, 0) is 49.2 Å². The van der Waals surface area contributed by atoms with Crippen LogP contribution in [0.15, 0.2) is 46.8 Å². The molecule has 0 N–H and O–H groups in total. The summed E-state index contributed by atoms with van der Waals surface area (Å²) in [5, 5.41) is 0.533. The van der Waals surface area contributed by atoms with Crippen molar-refractivity contribution in [3.05, 3.63) is 47.5 Å². The van der Waals surface area contributed by atoms with Gasteiger partial charge in [-0.25, -0.2) is 18.4 Å². The molecule has 5 rings (SSSR count). The zero-order chi connectivity index (χ0) is 21.6. The maximum Gasteiger partial charge on any atom is 0.260 e. The highest BCUT2D eigenvalue weighted by Gasteiger charge is 2.27. The molecule has 4 aromatic rings. The molecule has 160 valence electrons. The Labute approximate surface area is 187 Å². The molecule has 1 aliphatic rings. The summed E-state index contributed by atoms with van der Waals surface area (Å²) < 4.78 is 31.3. The molecule has 2 aromatic heterocycles. The van der Waals surface area contributed by atoms with Crippen LogP contribution in [0.3, 0.4) is 0 Å². The molecule has 0 spiro atoms. The Morgan fingerprint density at radius 2 is 2.03 bits per heavy atom. The third-order valence-electron chi connectivity index (χ3n) is 5.24. The van der Waals surface area contributed by atoms with Crippen LogP contribution in [0.4, 0.5) is 5.13 Å². The maximum absolute atomic E-state index is 13.5. The lowest BCUT2D eigenvalue weighted by Crippen LogP contribution is -2.37. The molecular weight excluding hydrogens is 454 g/mol. The summed E-state index contributed by atoms with van der Waals surface area (Å²) in [6.45, 7) is 1.09. The van der Waals surface area contributed by atoms with Gasteiger partial charge < -0.3 is 4.74 Å². The third kappa shape index (κ3) is 4.08. The van der Waals surface area contributed by atoms with Crippen molar-refractivity contribution >= 4 is 64.0 Å². The monoisotopic (exact) mass is 473 g/mol. The number of hydrogen-bond acceptors (Lipinski definition) is 8. The first-order valence-electron chi connectivity index (χ1n) is 9.76. The van der Waals surface area contributed by atoms with E-state index in [-0.39, 0.29) is 16.9 Å². The summed E-state index contributed by atoms with van der Waals surface area (Å²) in [6.07, 6.45) is 2.99. The van der Waals surface area contributed by atoms with E-state index in [2.05, 4.69) is 9.97 Å². The number of hydrogen-bond donors (Lipinski definition) is 0. The van der Waals surface area contributed by atoms with Crippen molar-refractivity contribution in [1.82, 2.24) is 9.97 Å². The number of fused-ring (bicyclic) bond motifs is 2. The minimum absolute atomic E-state index is 0.0466. The van der Waals surface area contributed by atoms with Crippen LogP contribution in [0.25, 0.3) is 20.4 Å². The number of aromatic nitrogens is 2. The van der Waals surface area contributed by atoms with Crippen LogP contribution in [0.1, 0.15) is 23.2 Å². The molecule has 1 amide bonds. The van der Waals surface area contributed by atoms with Crippen LogP contribution in [0.5, 0.6) is 0 Å². The number of carbonyl (C=O) groups is 1. The number of sulfone groups is 1. The highest BCUT2D eigenvalue weighted by molar-refractivity contribution is 7.90. The molecule has 1 saturated heterocycles.